The normalized spacial score (nSPS) is 16.3. The topological polar surface area (TPSA) is 77.0 Å². The largest absolute Gasteiger partial charge is 0.338 e. The molecule has 1 fully saturated rings. The maximum absolute atomic E-state index is 12.8. The number of likely N-dealkylation sites (tertiary alicyclic amines) is 1. The van der Waals surface area contributed by atoms with Crippen LogP contribution < -0.4 is 5.73 Å². The summed E-state index contributed by atoms with van der Waals surface area (Å²) < 4.78 is 1.91. The van der Waals surface area contributed by atoms with Gasteiger partial charge in [-0.25, -0.2) is 4.68 Å². The second kappa shape index (κ2) is 6.59. The van der Waals surface area contributed by atoms with E-state index in [1.54, 1.807) is 0 Å². The lowest BCUT2D eigenvalue weighted by Crippen LogP contribution is -2.39. The van der Waals surface area contributed by atoms with Gasteiger partial charge in [0.25, 0.3) is 5.91 Å². The molecule has 1 aliphatic heterocycles. The molecule has 2 heterocycles. The number of hydrogen-bond acceptors (Lipinski definition) is 4. The van der Waals surface area contributed by atoms with Crippen LogP contribution in [0.5, 0.6) is 0 Å². The van der Waals surface area contributed by atoms with Crippen molar-refractivity contribution in [3.63, 3.8) is 0 Å². The third kappa shape index (κ3) is 3.74. The first kappa shape index (κ1) is 17.6. The summed E-state index contributed by atoms with van der Waals surface area (Å²) in [6, 6.07) is 6.27. The minimum absolute atomic E-state index is 0.123. The van der Waals surface area contributed by atoms with Gasteiger partial charge in [0, 0.05) is 18.7 Å². The fraction of sp³-hybridized carbons (Fsp3) is 0.526. The van der Waals surface area contributed by atoms with Crippen molar-refractivity contribution in [2.45, 2.75) is 52.1 Å². The Kier molecular flexibility index (Phi) is 4.64. The molecule has 6 heteroatoms. The fourth-order valence-corrected chi connectivity index (χ4v) is 3.31. The summed E-state index contributed by atoms with van der Waals surface area (Å²) in [6.45, 7) is 9.36. The number of hydrogen-bond donors (Lipinski definition) is 1. The number of carbonyl (C=O) groups is 1. The van der Waals surface area contributed by atoms with Gasteiger partial charge in [-0.2, -0.15) is 0 Å². The van der Waals surface area contributed by atoms with Crippen LogP contribution in [0.25, 0.3) is 0 Å². The van der Waals surface area contributed by atoms with E-state index < -0.39 is 5.54 Å². The van der Waals surface area contributed by atoms with Gasteiger partial charge in [0.05, 0.1) is 17.8 Å². The van der Waals surface area contributed by atoms with E-state index in [9.17, 15) is 4.79 Å². The number of nitrogens with two attached hydrogens (primary N) is 1. The van der Waals surface area contributed by atoms with Crippen molar-refractivity contribution in [1.82, 2.24) is 19.9 Å². The van der Waals surface area contributed by atoms with Gasteiger partial charge in [-0.3, -0.25) is 4.79 Å². The Balaban J connectivity index is 1.65. The first-order chi connectivity index (χ1) is 11.8. The van der Waals surface area contributed by atoms with Gasteiger partial charge in [0.1, 0.15) is 5.69 Å². The molecule has 25 heavy (non-hydrogen) atoms. The summed E-state index contributed by atoms with van der Waals surface area (Å²) in [5, 5.41) is 8.43. The van der Waals surface area contributed by atoms with Crippen LogP contribution in [0.1, 0.15) is 59.9 Å². The van der Waals surface area contributed by atoms with Crippen LogP contribution in [0, 0.1) is 13.8 Å². The number of aromatic nitrogens is 3. The first-order valence-electron chi connectivity index (χ1n) is 8.83. The highest BCUT2D eigenvalue weighted by atomic mass is 16.2. The zero-order valence-electron chi connectivity index (χ0n) is 15.5. The summed E-state index contributed by atoms with van der Waals surface area (Å²) in [5.41, 5.74) is 9.41. The number of carbonyl (C=O) groups excluding carboxylic acids is 1. The van der Waals surface area contributed by atoms with E-state index in [0.29, 0.717) is 0 Å². The van der Waals surface area contributed by atoms with Crippen molar-refractivity contribution in [3.8, 4) is 0 Å². The Bertz CT molecular complexity index is 766. The van der Waals surface area contributed by atoms with E-state index in [1.165, 1.54) is 5.56 Å². The lowest BCUT2D eigenvalue weighted by molar-refractivity contribution is 0.0688. The highest BCUT2D eigenvalue weighted by Gasteiger charge is 2.27. The number of benzene rings is 1. The Morgan fingerprint density at radius 2 is 1.92 bits per heavy atom. The highest BCUT2D eigenvalue weighted by Crippen LogP contribution is 2.25. The van der Waals surface area contributed by atoms with E-state index in [1.807, 2.05) is 55.6 Å². The monoisotopic (exact) mass is 341 g/mol. The van der Waals surface area contributed by atoms with Gasteiger partial charge < -0.3 is 10.6 Å². The maximum atomic E-state index is 12.8. The molecule has 1 amide bonds. The van der Waals surface area contributed by atoms with Crippen LogP contribution in [0.4, 0.5) is 0 Å². The molecular formula is C19H27N5O. The third-order valence-corrected chi connectivity index (χ3v) is 4.91. The van der Waals surface area contributed by atoms with E-state index in [4.69, 9.17) is 5.73 Å². The molecule has 6 nitrogen and oxygen atoms in total. The van der Waals surface area contributed by atoms with Crippen molar-refractivity contribution in [1.29, 1.82) is 0 Å². The SMILES string of the molecule is Cc1ccc(C(=O)N2CCC(n3cc(C(C)(C)N)nn3)CC2)c(C)c1. The van der Waals surface area contributed by atoms with Crippen molar-refractivity contribution >= 4 is 5.91 Å². The minimum atomic E-state index is -0.488. The van der Waals surface area contributed by atoms with Gasteiger partial charge in [0.2, 0.25) is 0 Å². The molecule has 0 atom stereocenters. The molecule has 2 N–H and O–H groups in total. The minimum Gasteiger partial charge on any atom is -0.338 e. The molecule has 1 aromatic carbocycles. The molecule has 1 aromatic heterocycles. The summed E-state index contributed by atoms with van der Waals surface area (Å²) in [4.78, 5) is 14.7. The highest BCUT2D eigenvalue weighted by molar-refractivity contribution is 5.95. The maximum Gasteiger partial charge on any atom is 0.254 e. The summed E-state index contributed by atoms with van der Waals surface area (Å²) in [6.07, 6.45) is 3.70. The molecule has 0 unspecified atom stereocenters. The fourth-order valence-electron chi connectivity index (χ4n) is 3.31. The zero-order chi connectivity index (χ0) is 18.2. The van der Waals surface area contributed by atoms with Crippen LogP contribution in [0.2, 0.25) is 0 Å². The van der Waals surface area contributed by atoms with Crippen molar-refractivity contribution in [3.05, 3.63) is 46.8 Å². The lowest BCUT2D eigenvalue weighted by Gasteiger charge is -2.32. The Morgan fingerprint density at radius 3 is 2.48 bits per heavy atom. The number of piperidine rings is 1. The number of rotatable bonds is 3. The molecule has 0 spiro atoms. The summed E-state index contributed by atoms with van der Waals surface area (Å²) >= 11 is 0. The van der Waals surface area contributed by atoms with Crippen molar-refractivity contribution in [2.75, 3.05) is 13.1 Å². The van der Waals surface area contributed by atoms with Crippen LogP contribution in [0.3, 0.4) is 0 Å². The van der Waals surface area contributed by atoms with E-state index in [0.717, 1.165) is 42.8 Å². The van der Waals surface area contributed by atoms with Crippen molar-refractivity contribution < 1.29 is 4.79 Å². The summed E-state index contributed by atoms with van der Waals surface area (Å²) in [5.74, 6) is 0.123. The Labute approximate surface area is 149 Å². The van der Waals surface area contributed by atoms with Gasteiger partial charge in [-0.1, -0.05) is 22.9 Å². The van der Waals surface area contributed by atoms with Gasteiger partial charge in [-0.05, 0) is 52.2 Å². The van der Waals surface area contributed by atoms with Crippen LogP contribution in [-0.4, -0.2) is 38.9 Å². The van der Waals surface area contributed by atoms with E-state index >= 15 is 0 Å². The average molecular weight is 341 g/mol. The smallest absolute Gasteiger partial charge is 0.254 e. The lowest BCUT2D eigenvalue weighted by atomic mass is 10.0. The zero-order valence-corrected chi connectivity index (χ0v) is 15.5. The van der Waals surface area contributed by atoms with Gasteiger partial charge in [0.15, 0.2) is 0 Å². The molecule has 134 valence electrons. The average Bonchev–Trinajstić information content (AvgIpc) is 3.05. The second-order valence-electron chi connectivity index (χ2n) is 7.65. The van der Waals surface area contributed by atoms with Crippen LogP contribution in [-0.2, 0) is 5.54 Å². The Morgan fingerprint density at radius 1 is 1.24 bits per heavy atom. The van der Waals surface area contributed by atoms with E-state index in [-0.39, 0.29) is 11.9 Å². The molecular weight excluding hydrogens is 314 g/mol. The van der Waals surface area contributed by atoms with Gasteiger partial charge in [-0.15, -0.1) is 5.10 Å². The molecule has 0 aliphatic carbocycles. The van der Waals surface area contributed by atoms with Crippen LogP contribution in [0.15, 0.2) is 24.4 Å². The Hall–Kier alpha value is -2.21. The molecule has 3 rings (SSSR count). The number of nitrogens with zero attached hydrogens (tertiary/aromatic N) is 4. The number of aryl methyl sites for hydroxylation is 2. The molecule has 2 aromatic rings. The molecule has 0 bridgehead atoms. The van der Waals surface area contributed by atoms with Crippen molar-refractivity contribution in [2.24, 2.45) is 5.73 Å². The van der Waals surface area contributed by atoms with E-state index in [2.05, 4.69) is 16.4 Å². The number of amides is 1. The standard InChI is InChI=1S/C19H27N5O/c1-13-5-6-16(14(2)11-13)18(25)23-9-7-15(8-10-23)24-12-17(21-22-24)19(3,4)20/h5-6,11-12,15H,7-10,20H2,1-4H3. The molecule has 0 saturated carbocycles. The third-order valence-electron chi connectivity index (χ3n) is 4.91. The molecule has 1 saturated heterocycles. The predicted octanol–water partition coefficient (Wildman–Crippen LogP) is 2.57. The molecule has 0 radical (unpaired) electrons. The van der Waals surface area contributed by atoms with Gasteiger partial charge >= 0.3 is 0 Å². The summed E-state index contributed by atoms with van der Waals surface area (Å²) in [7, 11) is 0. The van der Waals surface area contributed by atoms with Crippen LogP contribution >= 0.6 is 0 Å². The predicted molar refractivity (Wildman–Crippen MR) is 97.3 cm³/mol. The molecule has 1 aliphatic rings. The second-order valence-corrected chi connectivity index (χ2v) is 7.65. The quantitative estimate of drug-likeness (QED) is 0.931. The first-order valence-corrected chi connectivity index (χ1v) is 8.83.